The van der Waals surface area contributed by atoms with E-state index in [1.807, 2.05) is 55.5 Å². The van der Waals surface area contributed by atoms with E-state index in [2.05, 4.69) is 0 Å². The summed E-state index contributed by atoms with van der Waals surface area (Å²) in [7, 11) is 0. The molecule has 138 valence electrons. The fourth-order valence-corrected chi connectivity index (χ4v) is 3.80. The Kier molecular flexibility index (Phi) is 4.66. The number of aryl methyl sites for hydroxylation is 1. The first-order chi connectivity index (χ1) is 13.6. The highest BCUT2D eigenvalue weighted by atomic mass is 16.3. The Morgan fingerprint density at radius 1 is 0.893 bits per heavy atom. The standard InChI is InChI=1S/C25H20O3/c1-16-8-7-11-18(14-16)22(26)15-21(17-9-3-2-4-10-17)23-24(27)19-12-5-6-13-20(19)25(23)28/h2-14,21,27H,15H2,1H3/t21-/m0/s1. The summed E-state index contributed by atoms with van der Waals surface area (Å²) < 4.78 is 0. The van der Waals surface area contributed by atoms with Crippen molar-refractivity contribution in [1.29, 1.82) is 0 Å². The number of Topliss-reactive ketones (excluding diaryl/α,β-unsaturated/α-hetero) is 2. The van der Waals surface area contributed by atoms with Gasteiger partial charge >= 0.3 is 0 Å². The SMILES string of the molecule is Cc1cccc(C(=O)C[C@H](C2=C(O)c3ccccc3C2=O)c2ccccc2)c1. The first-order valence-electron chi connectivity index (χ1n) is 9.28. The van der Waals surface area contributed by atoms with Crippen molar-refractivity contribution in [1.82, 2.24) is 0 Å². The number of aliphatic hydroxyl groups is 1. The average molecular weight is 368 g/mol. The van der Waals surface area contributed by atoms with E-state index in [1.165, 1.54) is 0 Å². The van der Waals surface area contributed by atoms with E-state index in [0.29, 0.717) is 22.3 Å². The predicted octanol–water partition coefficient (Wildman–Crippen LogP) is 5.52. The van der Waals surface area contributed by atoms with Crippen LogP contribution in [0.25, 0.3) is 5.76 Å². The molecule has 3 nitrogen and oxygen atoms in total. The molecular formula is C25H20O3. The van der Waals surface area contributed by atoms with Crippen molar-refractivity contribution in [2.75, 3.05) is 0 Å². The lowest BCUT2D eigenvalue weighted by Crippen LogP contribution is -2.15. The van der Waals surface area contributed by atoms with Crippen molar-refractivity contribution < 1.29 is 14.7 Å². The van der Waals surface area contributed by atoms with Crippen LogP contribution in [0.5, 0.6) is 0 Å². The molecule has 0 aliphatic heterocycles. The second-order valence-corrected chi connectivity index (χ2v) is 7.10. The smallest absolute Gasteiger partial charge is 0.194 e. The lowest BCUT2D eigenvalue weighted by atomic mass is 9.83. The fraction of sp³-hybridized carbons (Fsp3) is 0.120. The Bertz CT molecular complexity index is 1090. The van der Waals surface area contributed by atoms with Gasteiger partial charge in [-0.2, -0.15) is 0 Å². The molecule has 0 radical (unpaired) electrons. The van der Waals surface area contributed by atoms with E-state index in [-0.39, 0.29) is 23.7 Å². The molecule has 0 fully saturated rings. The summed E-state index contributed by atoms with van der Waals surface area (Å²) in [5.74, 6) is -0.791. The molecule has 0 amide bonds. The number of fused-ring (bicyclic) bond motifs is 1. The minimum absolute atomic E-state index is 0.0218. The van der Waals surface area contributed by atoms with Gasteiger partial charge in [0.1, 0.15) is 5.76 Å². The molecule has 4 rings (SSSR count). The third kappa shape index (κ3) is 3.16. The molecule has 0 unspecified atom stereocenters. The molecule has 3 aromatic rings. The van der Waals surface area contributed by atoms with E-state index in [1.54, 1.807) is 30.3 Å². The highest BCUT2D eigenvalue weighted by Crippen LogP contribution is 2.41. The lowest BCUT2D eigenvalue weighted by molar-refractivity contribution is 0.0972. The van der Waals surface area contributed by atoms with Crippen molar-refractivity contribution in [2.45, 2.75) is 19.3 Å². The van der Waals surface area contributed by atoms with Gasteiger partial charge in [-0.3, -0.25) is 9.59 Å². The zero-order valence-electron chi connectivity index (χ0n) is 15.6. The summed E-state index contributed by atoms with van der Waals surface area (Å²) in [4.78, 5) is 26.1. The van der Waals surface area contributed by atoms with Gasteiger partial charge in [0.2, 0.25) is 0 Å². The number of benzene rings is 3. The molecule has 1 aliphatic carbocycles. The van der Waals surface area contributed by atoms with Gasteiger partial charge in [0.05, 0.1) is 5.57 Å². The van der Waals surface area contributed by atoms with Crippen molar-refractivity contribution in [3.05, 3.63) is 112 Å². The molecule has 0 heterocycles. The fourth-order valence-electron chi connectivity index (χ4n) is 3.80. The molecule has 1 aliphatic rings. The maximum absolute atomic E-state index is 13.1. The monoisotopic (exact) mass is 368 g/mol. The molecule has 1 N–H and O–H groups in total. The van der Waals surface area contributed by atoms with E-state index in [9.17, 15) is 14.7 Å². The lowest BCUT2D eigenvalue weighted by Gasteiger charge is -2.18. The van der Waals surface area contributed by atoms with E-state index in [4.69, 9.17) is 0 Å². The van der Waals surface area contributed by atoms with Crippen LogP contribution in [0, 0.1) is 6.92 Å². The summed E-state index contributed by atoms with van der Waals surface area (Å²) in [6.45, 7) is 1.94. The van der Waals surface area contributed by atoms with Crippen LogP contribution in [0.3, 0.4) is 0 Å². The van der Waals surface area contributed by atoms with Gasteiger partial charge in [-0.1, -0.05) is 78.4 Å². The largest absolute Gasteiger partial charge is 0.507 e. The number of carbonyl (C=O) groups is 2. The van der Waals surface area contributed by atoms with Crippen LogP contribution in [-0.4, -0.2) is 16.7 Å². The first-order valence-corrected chi connectivity index (χ1v) is 9.28. The van der Waals surface area contributed by atoms with Gasteiger partial charge in [0.15, 0.2) is 11.6 Å². The highest BCUT2D eigenvalue weighted by Gasteiger charge is 2.36. The first kappa shape index (κ1) is 17.9. The number of hydrogen-bond acceptors (Lipinski definition) is 3. The molecule has 28 heavy (non-hydrogen) atoms. The quantitative estimate of drug-likeness (QED) is 0.604. The summed E-state index contributed by atoms with van der Waals surface area (Å²) >= 11 is 0. The van der Waals surface area contributed by atoms with Crippen LogP contribution in [0.2, 0.25) is 0 Å². The predicted molar refractivity (Wildman–Crippen MR) is 110 cm³/mol. The highest BCUT2D eigenvalue weighted by molar-refractivity contribution is 6.20. The summed E-state index contributed by atoms with van der Waals surface area (Å²) in [5.41, 5.74) is 3.78. The Hall–Kier alpha value is -3.46. The molecule has 3 heteroatoms. The van der Waals surface area contributed by atoms with Gasteiger partial charge in [-0.05, 0) is 18.6 Å². The third-order valence-corrected chi connectivity index (χ3v) is 5.21. The van der Waals surface area contributed by atoms with Gasteiger partial charge in [0, 0.05) is 29.0 Å². The van der Waals surface area contributed by atoms with Crippen LogP contribution in [-0.2, 0) is 0 Å². The van der Waals surface area contributed by atoms with Gasteiger partial charge in [-0.15, -0.1) is 0 Å². The van der Waals surface area contributed by atoms with Crippen molar-refractivity contribution >= 4 is 17.3 Å². The summed E-state index contributed by atoms with van der Waals surface area (Å²) in [6.07, 6.45) is 0.118. The summed E-state index contributed by atoms with van der Waals surface area (Å²) in [6, 6.07) is 23.9. The maximum atomic E-state index is 13.1. The third-order valence-electron chi connectivity index (χ3n) is 5.21. The zero-order chi connectivity index (χ0) is 19.7. The Labute approximate surface area is 164 Å². The van der Waals surface area contributed by atoms with Crippen LogP contribution in [0.4, 0.5) is 0 Å². The maximum Gasteiger partial charge on any atom is 0.194 e. The van der Waals surface area contributed by atoms with Crippen molar-refractivity contribution in [3.63, 3.8) is 0 Å². The molecule has 0 aromatic heterocycles. The Morgan fingerprint density at radius 2 is 1.57 bits per heavy atom. The second kappa shape index (κ2) is 7.28. The van der Waals surface area contributed by atoms with E-state index >= 15 is 0 Å². The molecule has 1 atom stereocenters. The average Bonchev–Trinajstić information content (AvgIpc) is 2.97. The number of ketones is 2. The summed E-state index contributed by atoms with van der Waals surface area (Å²) in [5, 5.41) is 10.8. The Balaban J connectivity index is 1.77. The van der Waals surface area contributed by atoms with Crippen LogP contribution in [0.1, 0.15) is 49.7 Å². The minimum atomic E-state index is -0.505. The second-order valence-electron chi connectivity index (χ2n) is 7.10. The number of rotatable bonds is 5. The molecule has 0 saturated heterocycles. The van der Waals surface area contributed by atoms with Crippen LogP contribution < -0.4 is 0 Å². The van der Waals surface area contributed by atoms with E-state index in [0.717, 1.165) is 11.1 Å². The number of hydrogen-bond donors (Lipinski definition) is 1. The van der Waals surface area contributed by atoms with Gasteiger partial charge < -0.3 is 5.11 Å². The van der Waals surface area contributed by atoms with Gasteiger partial charge in [-0.25, -0.2) is 0 Å². The number of carbonyl (C=O) groups excluding carboxylic acids is 2. The van der Waals surface area contributed by atoms with Crippen LogP contribution in [0.15, 0.2) is 84.4 Å². The molecule has 0 saturated carbocycles. The topological polar surface area (TPSA) is 54.4 Å². The normalized spacial score (nSPS) is 14.1. The molecular weight excluding hydrogens is 348 g/mol. The zero-order valence-corrected chi connectivity index (χ0v) is 15.6. The van der Waals surface area contributed by atoms with Gasteiger partial charge in [0.25, 0.3) is 0 Å². The molecule has 0 bridgehead atoms. The minimum Gasteiger partial charge on any atom is -0.507 e. The van der Waals surface area contributed by atoms with E-state index < -0.39 is 5.92 Å². The number of aliphatic hydroxyl groups excluding tert-OH is 1. The van der Waals surface area contributed by atoms with Crippen molar-refractivity contribution in [2.24, 2.45) is 0 Å². The molecule has 3 aromatic carbocycles. The van der Waals surface area contributed by atoms with Crippen LogP contribution >= 0.6 is 0 Å². The number of allylic oxidation sites excluding steroid dienone is 1. The Morgan fingerprint density at radius 3 is 2.25 bits per heavy atom. The van der Waals surface area contributed by atoms with Crippen molar-refractivity contribution in [3.8, 4) is 0 Å². The molecule has 0 spiro atoms.